The average molecular weight is 268 g/mol. The van der Waals surface area contributed by atoms with Crippen LogP contribution in [-0.2, 0) is 0 Å². The standard InChI is InChI=1S/C13H18ClN3O/c1-15-11-8-7-10(14)12(16-11)13(18)17(2)9-5-3-4-6-9/h7-9H,3-6H2,1-2H3,(H,15,16). The van der Waals surface area contributed by atoms with Crippen LogP contribution in [0.2, 0.25) is 5.02 Å². The molecule has 1 aliphatic rings. The Morgan fingerprint density at radius 2 is 2.11 bits per heavy atom. The van der Waals surface area contributed by atoms with Crippen LogP contribution in [0.4, 0.5) is 5.82 Å². The summed E-state index contributed by atoms with van der Waals surface area (Å²) in [7, 11) is 3.60. The Labute approximate surface area is 112 Å². The molecule has 0 saturated heterocycles. The van der Waals surface area contributed by atoms with Crippen molar-refractivity contribution in [2.75, 3.05) is 19.4 Å². The second-order valence-corrected chi connectivity index (χ2v) is 5.04. The second kappa shape index (κ2) is 5.57. The molecule has 0 spiro atoms. The van der Waals surface area contributed by atoms with E-state index in [0.717, 1.165) is 12.8 Å². The molecule has 5 heteroatoms. The van der Waals surface area contributed by atoms with Gasteiger partial charge < -0.3 is 10.2 Å². The first-order valence-electron chi connectivity index (χ1n) is 6.25. The lowest BCUT2D eigenvalue weighted by molar-refractivity contribution is 0.0729. The summed E-state index contributed by atoms with van der Waals surface area (Å²) in [5.74, 6) is 0.562. The van der Waals surface area contributed by atoms with Gasteiger partial charge in [-0.2, -0.15) is 0 Å². The molecule has 1 heterocycles. The minimum atomic E-state index is -0.0935. The van der Waals surface area contributed by atoms with E-state index in [-0.39, 0.29) is 5.91 Å². The lowest BCUT2D eigenvalue weighted by Gasteiger charge is -2.24. The maximum absolute atomic E-state index is 12.4. The maximum Gasteiger partial charge on any atom is 0.274 e. The van der Waals surface area contributed by atoms with E-state index in [1.54, 1.807) is 24.1 Å². The highest BCUT2D eigenvalue weighted by Gasteiger charge is 2.26. The van der Waals surface area contributed by atoms with Gasteiger partial charge in [-0.1, -0.05) is 24.4 Å². The number of hydrogen-bond donors (Lipinski definition) is 1. The number of anilines is 1. The Morgan fingerprint density at radius 1 is 1.44 bits per heavy atom. The fourth-order valence-corrected chi connectivity index (χ4v) is 2.54. The van der Waals surface area contributed by atoms with E-state index in [0.29, 0.717) is 22.6 Å². The van der Waals surface area contributed by atoms with E-state index in [1.807, 2.05) is 7.05 Å². The fraction of sp³-hybridized carbons (Fsp3) is 0.538. The van der Waals surface area contributed by atoms with Crippen LogP contribution < -0.4 is 5.32 Å². The van der Waals surface area contributed by atoms with Crippen molar-refractivity contribution in [3.05, 3.63) is 22.8 Å². The first-order valence-corrected chi connectivity index (χ1v) is 6.62. The van der Waals surface area contributed by atoms with Gasteiger partial charge in [0, 0.05) is 20.1 Å². The van der Waals surface area contributed by atoms with Gasteiger partial charge >= 0.3 is 0 Å². The van der Waals surface area contributed by atoms with E-state index in [1.165, 1.54) is 12.8 Å². The van der Waals surface area contributed by atoms with Crippen LogP contribution in [0.15, 0.2) is 12.1 Å². The zero-order chi connectivity index (χ0) is 13.1. The van der Waals surface area contributed by atoms with E-state index < -0.39 is 0 Å². The third-order valence-corrected chi connectivity index (χ3v) is 3.80. The third kappa shape index (κ3) is 2.58. The Morgan fingerprint density at radius 3 is 2.72 bits per heavy atom. The molecule has 0 radical (unpaired) electrons. The molecule has 1 saturated carbocycles. The number of halogens is 1. The highest BCUT2D eigenvalue weighted by molar-refractivity contribution is 6.33. The minimum absolute atomic E-state index is 0.0935. The van der Waals surface area contributed by atoms with Gasteiger partial charge in [-0.25, -0.2) is 4.98 Å². The molecule has 1 aromatic heterocycles. The zero-order valence-electron chi connectivity index (χ0n) is 10.7. The van der Waals surface area contributed by atoms with Crippen molar-refractivity contribution in [3.8, 4) is 0 Å². The number of pyridine rings is 1. The lowest BCUT2D eigenvalue weighted by atomic mass is 10.2. The number of rotatable bonds is 3. The molecule has 0 bridgehead atoms. The van der Waals surface area contributed by atoms with Gasteiger partial charge in [-0.05, 0) is 25.0 Å². The monoisotopic (exact) mass is 267 g/mol. The number of carbonyl (C=O) groups is 1. The number of hydrogen-bond acceptors (Lipinski definition) is 3. The SMILES string of the molecule is CNc1ccc(Cl)c(C(=O)N(C)C2CCCC2)n1. The van der Waals surface area contributed by atoms with Crippen LogP contribution in [0.3, 0.4) is 0 Å². The number of nitrogens with zero attached hydrogens (tertiary/aromatic N) is 2. The second-order valence-electron chi connectivity index (χ2n) is 4.63. The summed E-state index contributed by atoms with van der Waals surface area (Å²) in [5, 5.41) is 3.32. The molecule has 0 unspecified atom stereocenters. The van der Waals surface area contributed by atoms with Gasteiger partial charge in [0.05, 0.1) is 5.02 Å². The van der Waals surface area contributed by atoms with Gasteiger partial charge in [0.25, 0.3) is 5.91 Å². The predicted octanol–water partition coefficient (Wildman–Crippen LogP) is 2.79. The normalized spacial score (nSPS) is 15.7. The molecule has 0 aliphatic heterocycles. The largest absolute Gasteiger partial charge is 0.373 e. The van der Waals surface area contributed by atoms with Crippen LogP contribution in [0, 0.1) is 0 Å². The van der Waals surface area contributed by atoms with Gasteiger partial charge in [0.1, 0.15) is 11.5 Å². The van der Waals surface area contributed by atoms with Crippen LogP contribution >= 0.6 is 11.6 Å². The molecule has 1 aliphatic carbocycles. The molecule has 0 aromatic carbocycles. The number of carbonyl (C=O) groups excluding carboxylic acids is 1. The first kappa shape index (κ1) is 13.1. The summed E-state index contributed by atoms with van der Waals surface area (Å²) in [5.41, 5.74) is 0.331. The van der Waals surface area contributed by atoms with Gasteiger partial charge in [-0.3, -0.25) is 4.79 Å². The van der Waals surface area contributed by atoms with Crippen molar-refractivity contribution in [1.29, 1.82) is 0 Å². The Kier molecular flexibility index (Phi) is 4.07. The number of aromatic nitrogens is 1. The summed E-state index contributed by atoms with van der Waals surface area (Å²) in [6.07, 6.45) is 4.54. The molecular weight excluding hydrogens is 250 g/mol. The Bertz CT molecular complexity index is 444. The Hall–Kier alpha value is -1.29. The van der Waals surface area contributed by atoms with Crippen molar-refractivity contribution in [2.24, 2.45) is 0 Å². The summed E-state index contributed by atoms with van der Waals surface area (Å²) in [6, 6.07) is 3.79. The van der Waals surface area contributed by atoms with Crippen molar-refractivity contribution in [2.45, 2.75) is 31.7 Å². The highest BCUT2D eigenvalue weighted by atomic mass is 35.5. The van der Waals surface area contributed by atoms with Crippen LogP contribution in [0.25, 0.3) is 0 Å². The Balaban J connectivity index is 2.21. The smallest absolute Gasteiger partial charge is 0.274 e. The fourth-order valence-electron chi connectivity index (χ4n) is 2.36. The summed E-state index contributed by atoms with van der Waals surface area (Å²) < 4.78 is 0. The van der Waals surface area contributed by atoms with Crippen molar-refractivity contribution >= 4 is 23.3 Å². The predicted molar refractivity (Wildman–Crippen MR) is 73.1 cm³/mol. The number of nitrogens with one attached hydrogen (secondary N) is 1. The van der Waals surface area contributed by atoms with Crippen molar-refractivity contribution in [3.63, 3.8) is 0 Å². The summed E-state index contributed by atoms with van der Waals surface area (Å²) in [4.78, 5) is 18.4. The van der Waals surface area contributed by atoms with E-state index in [2.05, 4.69) is 10.3 Å². The molecule has 1 aromatic rings. The summed E-state index contributed by atoms with van der Waals surface area (Å²) in [6.45, 7) is 0. The lowest BCUT2D eigenvalue weighted by Crippen LogP contribution is -2.35. The molecule has 1 fully saturated rings. The third-order valence-electron chi connectivity index (χ3n) is 3.50. The molecule has 0 atom stereocenters. The van der Waals surface area contributed by atoms with Crippen LogP contribution in [0.1, 0.15) is 36.2 Å². The van der Waals surface area contributed by atoms with Crippen molar-refractivity contribution < 1.29 is 4.79 Å². The molecular formula is C13H18ClN3O. The van der Waals surface area contributed by atoms with Gasteiger partial charge in [0.2, 0.25) is 0 Å². The minimum Gasteiger partial charge on any atom is -0.373 e. The van der Waals surface area contributed by atoms with Gasteiger partial charge in [0.15, 0.2) is 0 Å². The number of amides is 1. The van der Waals surface area contributed by atoms with E-state index in [9.17, 15) is 4.79 Å². The molecule has 4 nitrogen and oxygen atoms in total. The highest BCUT2D eigenvalue weighted by Crippen LogP contribution is 2.25. The van der Waals surface area contributed by atoms with E-state index >= 15 is 0 Å². The average Bonchev–Trinajstić information content (AvgIpc) is 2.91. The molecule has 98 valence electrons. The van der Waals surface area contributed by atoms with Crippen molar-refractivity contribution in [1.82, 2.24) is 9.88 Å². The molecule has 2 rings (SSSR count). The molecule has 18 heavy (non-hydrogen) atoms. The quantitative estimate of drug-likeness (QED) is 0.916. The molecule has 1 N–H and O–H groups in total. The van der Waals surface area contributed by atoms with Crippen LogP contribution in [-0.4, -0.2) is 35.9 Å². The van der Waals surface area contributed by atoms with E-state index in [4.69, 9.17) is 11.6 Å². The molecule has 1 amide bonds. The summed E-state index contributed by atoms with van der Waals surface area (Å²) >= 11 is 6.06. The van der Waals surface area contributed by atoms with Crippen LogP contribution in [0.5, 0.6) is 0 Å². The maximum atomic E-state index is 12.4. The van der Waals surface area contributed by atoms with Gasteiger partial charge in [-0.15, -0.1) is 0 Å². The topological polar surface area (TPSA) is 45.2 Å². The zero-order valence-corrected chi connectivity index (χ0v) is 11.5. The first-order chi connectivity index (χ1) is 8.63.